The summed E-state index contributed by atoms with van der Waals surface area (Å²) < 4.78 is 11.4. The summed E-state index contributed by atoms with van der Waals surface area (Å²) in [6, 6.07) is 13.5. The Labute approximate surface area is 194 Å². The fourth-order valence-electron chi connectivity index (χ4n) is 3.91. The number of aliphatic hydroxyl groups is 1. The Morgan fingerprint density at radius 1 is 1.16 bits per heavy atom. The van der Waals surface area contributed by atoms with Crippen LogP contribution in [0.15, 0.2) is 69.3 Å². The molecule has 6 nitrogen and oxygen atoms in total. The van der Waals surface area contributed by atoms with Crippen LogP contribution in [-0.4, -0.2) is 28.8 Å². The molecule has 0 spiro atoms. The molecule has 1 saturated heterocycles. The second-order valence-corrected chi connectivity index (χ2v) is 8.58. The van der Waals surface area contributed by atoms with E-state index < -0.39 is 17.7 Å². The molecular weight excluding hydrogens is 474 g/mol. The van der Waals surface area contributed by atoms with Gasteiger partial charge in [-0.05, 0) is 71.2 Å². The topological polar surface area (TPSA) is 80.0 Å². The Bertz CT molecular complexity index is 1230. The highest BCUT2D eigenvalue weighted by Crippen LogP contribution is 2.41. The molecule has 0 radical (unpaired) electrons. The number of nitrogens with zero attached hydrogens (tertiary/aromatic N) is 1. The van der Waals surface area contributed by atoms with Crippen molar-refractivity contribution < 1.29 is 23.8 Å². The summed E-state index contributed by atoms with van der Waals surface area (Å²) in [4.78, 5) is 27.6. The molecule has 1 aromatic heterocycles. The monoisotopic (exact) mass is 495 g/mol. The Hall–Kier alpha value is -3.32. The number of methoxy groups -OCH3 is 1. The third-order valence-electron chi connectivity index (χ3n) is 5.62. The molecule has 0 saturated carbocycles. The van der Waals surface area contributed by atoms with Gasteiger partial charge in [0, 0.05) is 12.1 Å². The van der Waals surface area contributed by atoms with Crippen LogP contribution in [0.25, 0.3) is 5.76 Å². The number of aryl methyl sites for hydroxylation is 2. The van der Waals surface area contributed by atoms with Crippen molar-refractivity contribution in [3.05, 3.63) is 92.9 Å². The van der Waals surface area contributed by atoms with Gasteiger partial charge in [-0.15, -0.1) is 0 Å². The quantitative estimate of drug-likeness (QED) is 0.295. The Morgan fingerprint density at radius 2 is 1.94 bits per heavy atom. The van der Waals surface area contributed by atoms with E-state index in [1.807, 2.05) is 32.0 Å². The second kappa shape index (κ2) is 8.67. The lowest BCUT2D eigenvalue weighted by Gasteiger charge is -2.24. The molecule has 32 heavy (non-hydrogen) atoms. The van der Waals surface area contributed by atoms with Gasteiger partial charge in [0.2, 0.25) is 0 Å². The average molecular weight is 496 g/mol. The predicted molar refractivity (Wildman–Crippen MR) is 123 cm³/mol. The highest BCUT2D eigenvalue weighted by Gasteiger charge is 2.47. The Balaban J connectivity index is 1.84. The summed E-state index contributed by atoms with van der Waals surface area (Å²) in [5.41, 5.74) is 3.37. The van der Waals surface area contributed by atoms with Crippen molar-refractivity contribution in [2.75, 3.05) is 7.11 Å². The largest absolute Gasteiger partial charge is 0.507 e. The molecule has 7 heteroatoms. The highest BCUT2D eigenvalue weighted by molar-refractivity contribution is 9.10. The standard InChI is InChI=1S/C25H22BrNO5/c1-14-6-7-15(2)17(11-14)13-27-22(20-5-4-10-32-20)21(24(29)25(27)30)23(28)16-8-9-19(31-3)18(26)12-16/h4-12,22,28H,13H2,1-3H3/b23-21-. The van der Waals surface area contributed by atoms with Gasteiger partial charge in [-0.3, -0.25) is 9.59 Å². The first-order chi connectivity index (χ1) is 15.3. The number of likely N-dealkylation sites (tertiary alicyclic amines) is 1. The zero-order chi connectivity index (χ0) is 23.0. The first kappa shape index (κ1) is 21.9. The fraction of sp³-hybridized carbons (Fsp3) is 0.200. The van der Waals surface area contributed by atoms with Crippen molar-refractivity contribution in [1.29, 1.82) is 0 Å². The number of hydrogen-bond donors (Lipinski definition) is 1. The maximum atomic E-state index is 13.1. The van der Waals surface area contributed by atoms with Gasteiger partial charge in [0.05, 0.1) is 23.4 Å². The minimum atomic E-state index is -0.842. The third-order valence-corrected chi connectivity index (χ3v) is 6.24. The minimum absolute atomic E-state index is 0.00711. The number of ketones is 1. The molecule has 1 amide bonds. The SMILES string of the molecule is COc1ccc(/C(O)=C2/C(=O)C(=O)N(Cc3cc(C)ccc3C)C2c2ccco2)cc1Br. The van der Waals surface area contributed by atoms with Crippen molar-refractivity contribution >= 4 is 33.4 Å². The molecule has 3 aromatic rings. The van der Waals surface area contributed by atoms with Crippen molar-refractivity contribution in [3.8, 4) is 5.75 Å². The van der Waals surface area contributed by atoms with Gasteiger partial charge in [0.1, 0.15) is 23.3 Å². The molecule has 1 aliphatic heterocycles. The van der Waals surface area contributed by atoms with Crippen LogP contribution in [-0.2, 0) is 16.1 Å². The number of halogens is 1. The number of Topliss-reactive ketones (excluding diaryl/α,β-unsaturated/α-hetero) is 1. The summed E-state index contributed by atoms with van der Waals surface area (Å²) in [5.74, 6) is -0.706. The number of rotatable bonds is 5. The average Bonchev–Trinajstić information content (AvgIpc) is 3.38. The number of furan rings is 1. The number of carbonyl (C=O) groups is 2. The van der Waals surface area contributed by atoms with Gasteiger partial charge in [0.25, 0.3) is 11.7 Å². The maximum absolute atomic E-state index is 13.1. The Kier molecular flexibility index (Phi) is 5.93. The lowest BCUT2D eigenvalue weighted by Crippen LogP contribution is -2.29. The van der Waals surface area contributed by atoms with Gasteiger partial charge in [-0.25, -0.2) is 0 Å². The van der Waals surface area contributed by atoms with Crippen LogP contribution in [0, 0.1) is 13.8 Å². The van der Waals surface area contributed by atoms with Crippen molar-refractivity contribution in [3.63, 3.8) is 0 Å². The molecule has 1 N–H and O–H groups in total. The summed E-state index contributed by atoms with van der Waals surface area (Å²) in [7, 11) is 1.54. The van der Waals surface area contributed by atoms with Crippen LogP contribution in [0.5, 0.6) is 5.75 Å². The minimum Gasteiger partial charge on any atom is -0.507 e. The van der Waals surface area contributed by atoms with Crippen LogP contribution in [0.2, 0.25) is 0 Å². The van der Waals surface area contributed by atoms with E-state index in [0.29, 0.717) is 21.5 Å². The van der Waals surface area contributed by atoms with Gasteiger partial charge < -0.3 is 19.2 Å². The highest BCUT2D eigenvalue weighted by atomic mass is 79.9. The summed E-state index contributed by atoms with van der Waals surface area (Å²) in [5, 5.41) is 11.1. The van der Waals surface area contributed by atoms with E-state index in [0.717, 1.165) is 16.7 Å². The molecule has 1 aliphatic rings. The van der Waals surface area contributed by atoms with E-state index in [1.54, 1.807) is 30.3 Å². The van der Waals surface area contributed by atoms with Crippen LogP contribution >= 0.6 is 15.9 Å². The summed E-state index contributed by atoms with van der Waals surface area (Å²) >= 11 is 3.40. The number of hydrogen-bond acceptors (Lipinski definition) is 5. The Morgan fingerprint density at radius 3 is 2.59 bits per heavy atom. The van der Waals surface area contributed by atoms with E-state index in [4.69, 9.17) is 9.15 Å². The third kappa shape index (κ3) is 3.84. The van der Waals surface area contributed by atoms with E-state index in [1.165, 1.54) is 18.3 Å². The molecule has 2 aromatic carbocycles. The first-order valence-corrected chi connectivity index (χ1v) is 10.8. The smallest absolute Gasteiger partial charge is 0.296 e. The lowest BCUT2D eigenvalue weighted by atomic mass is 9.98. The first-order valence-electron chi connectivity index (χ1n) is 10.0. The van der Waals surface area contributed by atoms with Crippen LogP contribution in [0.4, 0.5) is 0 Å². The van der Waals surface area contributed by atoms with Crippen molar-refractivity contribution in [2.24, 2.45) is 0 Å². The van der Waals surface area contributed by atoms with E-state index in [9.17, 15) is 14.7 Å². The zero-order valence-electron chi connectivity index (χ0n) is 17.9. The molecule has 2 heterocycles. The zero-order valence-corrected chi connectivity index (χ0v) is 19.5. The molecule has 1 unspecified atom stereocenters. The number of amides is 1. The maximum Gasteiger partial charge on any atom is 0.296 e. The number of aliphatic hydroxyl groups excluding tert-OH is 1. The molecule has 1 fully saturated rings. The van der Waals surface area contributed by atoms with E-state index in [-0.39, 0.29) is 17.9 Å². The molecular formula is C25H22BrNO5. The molecule has 1 atom stereocenters. The van der Waals surface area contributed by atoms with Crippen LogP contribution in [0.3, 0.4) is 0 Å². The van der Waals surface area contributed by atoms with Crippen molar-refractivity contribution in [1.82, 2.24) is 4.90 Å². The van der Waals surface area contributed by atoms with Crippen molar-refractivity contribution in [2.45, 2.75) is 26.4 Å². The van der Waals surface area contributed by atoms with Gasteiger partial charge in [0.15, 0.2) is 0 Å². The summed E-state index contributed by atoms with van der Waals surface area (Å²) in [6.07, 6.45) is 1.48. The van der Waals surface area contributed by atoms with E-state index in [2.05, 4.69) is 15.9 Å². The molecule has 0 aliphatic carbocycles. The normalized spacial score (nSPS) is 17.8. The van der Waals surface area contributed by atoms with Crippen LogP contribution in [0.1, 0.15) is 34.1 Å². The predicted octanol–water partition coefficient (Wildman–Crippen LogP) is 5.29. The number of benzene rings is 2. The van der Waals surface area contributed by atoms with Crippen LogP contribution < -0.4 is 4.74 Å². The lowest BCUT2D eigenvalue weighted by molar-refractivity contribution is -0.140. The molecule has 164 valence electrons. The number of ether oxygens (including phenoxy) is 1. The second-order valence-electron chi connectivity index (χ2n) is 7.72. The molecule has 4 rings (SSSR count). The van der Waals surface area contributed by atoms with Gasteiger partial charge >= 0.3 is 0 Å². The number of carbonyl (C=O) groups excluding carboxylic acids is 2. The van der Waals surface area contributed by atoms with E-state index >= 15 is 0 Å². The van der Waals surface area contributed by atoms with Gasteiger partial charge in [-0.2, -0.15) is 0 Å². The summed E-state index contributed by atoms with van der Waals surface area (Å²) in [6.45, 7) is 4.15. The van der Waals surface area contributed by atoms with Gasteiger partial charge in [-0.1, -0.05) is 23.8 Å². The molecule has 0 bridgehead atoms. The fourth-order valence-corrected chi connectivity index (χ4v) is 4.45.